The lowest BCUT2D eigenvalue weighted by Gasteiger charge is -2.46. The smallest absolute Gasteiger partial charge is 0.335 e. The number of hydrogen-bond acceptors (Lipinski definition) is 6. The summed E-state index contributed by atoms with van der Waals surface area (Å²) in [4.78, 5) is 36.9. The van der Waals surface area contributed by atoms with Crippen LogP contribution >= 0.6 is 0 Å². The summed E-state index contributed by atoms with van der Waals surface area (Å²) in [6, 6.07) is 7.03. The standard InChI is InChI=1S/C19H23N3O.C4H6O6/c1-2-6-22-11-12(8-18(20)23)7-15-14-4-3-5-16-19(14)13(10-21-16)9-17(15)22;5-1(3(7)8)2(6)4(9)10/h2-5,10,12,15,17,21H,1,6-9,11H2,(H2,20,23);1-2,5-6H,(H,7,8)(H,9,10)/t12-,15?,17+;1-,2-/m01/s1. The van der Waals surface area contributed by atoms with Gasteiger partial charge in [-0.05, 0) is 36.0 Å². The van der Waals surface area contributed by atoms with Gasteiger partial charge < -0.3 is 31.1 Å². The number of carbonyl (C=O) groups excluding carboxylic acids is 1. The molecule has 7 N–H and O–H groups in total. The molecule has 2 aromatic rings. The molecule has 1 saturated heterocycles. The van der Waals surface area contributed by atoms with Gasteiger partial charge in [0.25, 0.3) is 0 Å². The highest BCUT2D eigenvalue weighted by Gasteiger charge is 2.40. The minimum absolute atomic E-state index is 0.191. The van der Waals surface area contributed by atoms with Crippen LogP contribution in [-0.2, 0) is 20.8 Å². The Labute approximate surface area is 190 Å². The van der Waals surface area contributed by atoms with Crippen molar-refractivity contribution in [3.63, 3.8) is 0 Å². The first-order chi connectivity index (χ1) is 15.6. The number of carboxylic acids is 2. The number of primary amides is 1. The Kier molecular flexibility index (Phi) is 7.52. The van der Waals surface area contributed by atoms with Gasteiger partial charge in [0.1, 0.15) is 0 Å². The van der Waals surface area contributed by atoms with E-state index in [2.05, 4.69) is 40.9 Å². The summed E-state index contributed by atoms with van der Waals surface area (Å²) in [7, 11) is 0. The van der Waals surface area contributed by atoms with Crippen LogP contribution in [0, 0.1) is 5.92 Å². The van der Waals surface area contributed by atoms with Crippen molar-refractivity contribution < 1.29 is 34.8 Å². The van der Waals surface area contributed by atoms with E-state index in [9.17, 15) is 14.4 Å². The number of nitrogens with zero attached hydrogens (tertiary/aromatic N) is 1. The van der Waals surface area contributed by atoms with Gasteiger partial charge in [-0.15, -0.1) is 6.58 Å². The Morgan fingerprint density at radius 1 is 1.21 bits per heavy atom. The number of rotatable bonds is 7. The van der Waals surface area contributed by atoms with Crippen LogP contribution in [-0.4, -0.2) is 79.5 Å². The lowest BCUT2D eigenvalue weighted by atomic mass is 9.71. The Balaban J connectivity index is 0.000000262. The van der Waals surface area contributed by atoms with Crippen molar-refractivity contribution in [3.05, 3.63) is 48.2 Å². The summed E-state index contributed by atoms with van der Waals surface area (Å²) in [5, 5.41) is 33.9. The van der Waals surface area contributed by atoms with Crippen LogP contribution in [0.3, 0.4) is 0 Å². The monoisotopic (exact) mass is 459 g/mol. The van der Waals surface area contributed by atoms with Crippen LogP contribution in [0.4, 0.5) is 0 Å². The molecule has 1 aliphatic heterocycles. The number of aromatic amines is 1. The maximum Gasteiger partial charge on any atom is 0.335 e. The topological polar surface area (TPSA) is 177 Å². The van der Waals surface area contributed by atoms with Gasteiger partial charge in [-0.1, -0.05) is 18.2 Å². The van der Waals surface area contributed by atoms with Gasteiger partial charge in [0.15, 0.2) is 12.2 Å². The molecule has 0 bridgehead atoms. The van der Waals surface area contributed by atoms with Crippen molar-refractivity contribution in [2.45, 2.75) is 43.4 Å². The molecule has 10 nitrogen and oxygen atoms in total. The number of likely N-dealkylation sites (tertiary alicyclic amines) is 1. The number of piperidine rings is 1. The first kappa shape index (κ1) is 24.4. The van der Waals surface area contributed by atoms with Crippen molar-refractivity contribution in [2.24, 2.45) is 11.7 Å². The minimum atomic E-state index is -2.27. The zero-order valence-corrected chi connectivity index (χ0v) is 18.1. The fourth-order valence-corrected chi connectivity index (χ4v) is 4.98. The van der Waals surface area contributed by atoms with Crippen molar-refractivity contribution in [1.82, 2.24) is 9.88 Å². The normalized spacial score (nSPS) is 23.5. The third-order valence-corrected chi connectivity index (χ3v) is 6.32. The molecule has 2 heterocycles. The Bertz CT molecular complexity index is 1030. The van der Waals surface area contributed by atoms with Crippen LogP contribution in [0.25, 0.3) is 10.9 Å². The molecule has 10 heteroatoms. The van der Waals surface area contributed by atoms with Crippen LogP contribution in [0.1, 0.15) is 29.9 Å². The largest absolute Gasteiger partial charge is 0.479 e. The van der Waals surface area contributed by atoms with E-state index in [-0.39, 0.29) is 5.91 Å². The summed E-state index contributed by atoms with van der Waals surface area (Å²) in [6.07, 6.45) is 2.19. The van der Waals surface area contributed by atoms with Crippen LogP contribution in [0.2, 0.25) is 0 Å². The number of carbonyl (C=O) groups is 3. The first-order valence-electron chi connectivity index (χ1n) is 10.7. The molecule has 1 aromatic carbocycles. The molecule has 5 atom stereocenters. The molecule has 33 heavy (non-hydrogen) atoms. The van der Waals surface area contributed by atoms with Crippen LogP contribution in [0.5, 0.6) is 0 Å². The van der Waals surface area contributed by atoms with E-state index < -0.39 is 24.1 Å². The molecule has 178 valence electrons. The zero-order valence-electron chi connectivity index (χ0n) is 18.1. The van der Waals surface area contributed by atoms with E-state index in [0.717, 1.165) is 25.9 Å². The van der Waals surface area contributed by atoms with E-state index >= 15 is 0 Å². The second-order valence-corrected chi connectivity index (χ2v) is 8.54. The Hall–Kier alpha value is -3.21. The van der Waals surface area contributed by atoms with Crippen molar-refractivity contribution in [2.75, 3.05) is 13.1 Å². The van der Waals surface area contributed by atoms with Crippen molar-refractivity contribution in [1.29, 1.82) is 0 Å². The molecule has 0 spiro atoms. The lowest BCUT2D eigenvalue weighted by molar-refractivity contribution is -0.165. The van der Waals surface area contributed by atoms with Gasteiger partial charge in [0.2, 0.25) is 5.91 Å². The molecule has 1 fully saturated rings. The second kappa shape index (κ2) is 10.2. The number of amides is 1. The number of carboxylic acid groups (broad SMARTS) is 2. The summed E-state index contributed by atoms with van der Waals surface area (Å²) in [5.41, 5.74) is 9.53. The molecule has 4 rings (SSSR count). The minimum Gasteiger partial charge on any atom is -0.479 e. The highest BCUT2D eigenvalue weighted by Crippen LogP contribution is 2.45. The van der Waals surface area contributed by atoms with Crippen molar-refractivity contribution in [3.8, 4) is 0 Å². The lowest BCUT2D eigenvalue weighted by Crippen LogP contribution is -2.50. The maximum atomic E-state index is 11.4. The molecular formula is C23H29N3O7. The van der Waals surface area contributed by atoms with Gasteiger partial charge in [-0.25, -0.2) is 9.59 Å². The Morgan fingerprint density at radius 2 is 1.88 bits per heavy atom. The van der Waals surface area contributed by atoms with E-state index in [4.69, 9.17) is 26.2 Å². The van der Waals surface area contributed by atoms with Gasteiger partial charge >= 0.3 is 11.9 Å². The highest BCUT2D eigenvalue weighted by atomic mass is 16.4. The number of nitrogens with one attached hydrogen (secondary N) is 1. The summed E-state index contributed by atoms with van der Waals surface area (Å²) < 4.78 is 0. The molecular weight excluding hydrogens is 430 g/mol. The number of aliphatic hydroxyl groups is 2. The third kappa shape index (κ3) is 5.24. The number of H-pyrrole nitrogens is 1. The number of aliphatic hydroxyl groups excluding tert-OH is 2. The predicted octanol–water partition coefficient (Wildman–Crippen LogP) is 0.437. The van der Waals surface area contributed by atoms with Crippen LogP contribution < -0.4 is 5.73 Å². The van der Waals surface area contributed by atoms with Gasteiger partial charge in [0.05, 0.1) is 0 Å². The highest BCUT2D eigenvalue weighted by molar-refractivity contribution is 5.88. The van der Waals surface area contributed by atoms with Crippen molar-refractivity contribution >= 4 is 28.7 Å². The summed E-state index contributed by atoms with van der Waals surface area (Å²) in [5.74, 6) is -2.92. The fourth-order valence-electron chi connectivity index (χ4n) is 4.98. The molecule has 1 aromatic heterocycles. The first-order valence-corrected chi connectivity index (χ1v) is 10.7. The average molecular weight is 459 g/mol. The van der Waals surface area contributed by atoms with Crippen LogP contribution in [0.15, 0.2) is 37.1 Å². The summed E-state index contributed by atoms with van der Waals surface area (Å²) >= 11 is 0. The fraction of sp³-hybridized carbons (Fsp3) is 0.435. The number of nitrogens with two attached hydrogens (primary N) is 1. The molecule has 1 amide bonds. The SMILES string of the molecule is C=CCN1C[C@H](CC(N)=O)CC2c3cccc4[nH]cc(c34)C[C@H]21.O=C(O)[C@H](O)[C@@H](O)C(=O)O. The number of hydrogen-bond donors (Lipinski definition) is 6. The van der Waals surface area contributed by atoms with E-state index in [0.29, 0.717) is 24.3 Å². The zero-order chi connectivity index (χ0) is 24.3. The average Bonchev–Trinajstić information content (AvgIpc) is 3.18. The van der Waals surface area contributed by atoms with E-state index in [1.54, 1.807) is 0 Å². The number of benzene rings is 1. The molecule has 1 aliphatic carbocycles. The maximum absolute atomic E-state index is 11.4. The van der Waals surface area contributed by atoms with Gasteiger partial charge in [-0.3, -0.25) is 9.69 Å². The second-order valence-electron chi connectivity index (χ2n) is 8.54. The number of aromatic nitrogens is 1. The molecule has 1 unspecified atom stereocenters. The number of fused-ring (bicyclic) bond motifs is 2. The van der Waals surface area contributed by atoms with Gasteiger partial charge in [-0.2, -0.15) is 0 Å². The van der Waals surface area contributed by atoms with Gasteiger partial charge in [0, 0.05) is 48.6 Å². The molecule has 0 saturated carbocycles. The number of aliphatic carboxylic acids is 2. The molecule has 2 aliphatic rings. The Morgan fingerprint density at radius 3 is 2.45 bits per heavy atom. The molecule has 0 radical (unpaired) electrons. The quantitative estimate of drug-likeness (QED) is 0.323. The third-order valence-electron chi connectivity index (χ3n) is 6.32. The van der Waals surface area contributed by atoms with E-state index in [1.165, 1.54) is 22.0 Å². The predicted molar refractivity (Wildman–Crippen MR) is 120 cm³/mol. The summed E-state index contributed by atoms with van der Waals surface area (Å²) in [6.45, 7) is 5.72. The van der Waals surface area contributed by atoms with E-state index in [1.807, 2.05) is 6.08 Å².